The minimum atomic E-state index is -0.135. The minimum absolute atomic E-state index is 0.0317. The van der Waals surface area contributed by atoms with Crippen molar-refractivity contribution >= 4 is 54.3 Å². The molecule has 0 unspecified atom stereocenters. The first kappa shape index (κ1) is 21.1. The molecule has 0 N–H and O–H groups in total. The highest BCUT2D eigenvalue weighted by Gasteiger charge is 2.17. The molecule has 1 aromatic heterocycles. The first-order valence-corrected chi connectivity index (χ1v) is 14.5. The molecule has 0 aliphatic carbocycles. The molecule has 0 spiro atoms. The van der Waals surface area contributed by atoms with Crippen LogP contribution < -0.4 is 0 Å². The predicted octanol–water partition coefficient (Wildman–Crippen LogP) is 12.0. The molecular formula is C42H26O. The molecule has 0 aliphatic rings. The van der Waals surface area contributed by atoms with Crippen LogP contribution in [0.2, 0.25) is 0 Å². The average molecular weight is 550 g/mol. The Bertz CT molecular complexity index is 2600. The fourth-order valence-corrected chi connectivity index (χ4v) is 6.71. The summed E-state index contributed by atoms with van der Waals surface area (Å²) in [5.74, 6) is 0. The van der Waals surface area contributed by atoms with Crippen molar-refractivity contribution in [2.45, 2.75) is 0 Å². The van der Waals surface area contributed by atoms with Crippen molar-refractivity contribution in [3.63, 3.8) is 0 Å². The maximum atomic E-state index is 9.02. The highest BCUT2D eigenvalue weighted by molar-refractivity contribution is 6.21. The van der Waals surface area contributed by atoms with E-state index >= 15 is 0 Å². The van der Waals surface area contributed by atoms with Crippen molar-refractivity contribution in [2.75, 3.05) is 0 Å². The van der Waals surface area contributed by atoms with E-state index in [1.165, 1.54) is 32.7 Å². The lowest BCUT2D eigenvalue weighted by Gasteiger charge is -2.18. The number of fused-ring (bicyclic) bond motifs is 6. The Morgan fingerprint density at radius 2 is 0.930 bits per heavy atom. The maximum absolute atomic E-state index is 9.02. The van der Waals surface area contributed by atoms with Gasteiger partial charge in [-0.3, -0.25) is 0 Å². The van der Waals surface area contributed by atoms with E-state index < -0.39 is 0 Å². The zero-order chi connectivity index (χ0) is 30.9. The SMILES string of the molecule is [2H]c1c([2H])c(-c2ccc(-c3c4ccccc4c(-c4ccccc4)c4ccccc34)cc2)c2c(oc3cc4ccccc4cc32)c1[2H]. The third kappa shape index (κ3) is 3.72. The van der Waals surface area contributed by atoms with Gasteiger partial charge in [-0.05, 0) is 83.9 Å². The van der Waals surface area contributed by atoms with E-state index in [1.807, 2.05) is 36.4 Å². The third-order valence-corrected chi connectivity index (χ3v) is 8.63. The first-order valence-electron chi connectivity index (χ1n) is 16.0. The van der Waals surface area contributed by atoms with Gasteiger partial charge in [0, 0.05) is 10.8 Å². The van der Waals surface area contributed by atoms with Crippen LogP contribution in [0.4, 0.5) is 0 Å². The molecule has 200 valence electrons. The van der Waals surface area contributed by atoms with E-state index in [0.29, 0.717) is 22.1 Å². The van der Waals surface area contributed by atoms with E-state index in [2.05, 4.69) is 103 Å². The van der Waals surface area contributed by atoms with Gasteiger partial charge in [-0.25, -0.2) is 0 Å². The molecule has 0 saturated carbocycles. The highest BCUT2D eigenvalue weighted by atomic mass is 16.3. The molecular weight excluding hydrogens is 520 g/mol. The summed E-state index contributed by atoms with van der Waals surface area (Å²) in [5, 5.41) is 8.41. The second kappa shape index (κ2) is 9.44. The van der Waals surface area contributed by atoms with E-state index in [1.54, 1.807) is 0 Å². The molecule has 0 fully saturated rings. The summed E-state index contributed by atoms with van der Waals surface area (Å²) in [6.45, 7) is 0. The van der Waals surface area contributed by atoms with Gasteiger partial charge >= 0.3 is 0 Å². The number of benzene rings is 8. The topological polar surface area (TPSA) is 13.1 Å². The summed E-state index contributed by atoms with van der Waals surface area (Å²) in [6, 6.07) is 48.1. The van der Waals surface area contributed by atoms with Crippen LogP contribution in [-0.4, -0.2) is 0 Å². The number of hydrogen-bond donors (Lipinski definition) is 0. The molecule has 43 heavy (non-hydrogen) atoms. The molecule has 9 rings (SSSR count). The Balaban J connectivity index is 1.29. The third-order valence-electron chi connectivity index (χ3n) is 8.63. The molecule has 1 heteroatoms. The fourth-order valence-electron chi connectivity index (χ4n) is 6.71. The van der Waals surface area contributed by atoms with Gasteiger partial charge in [-0.15, -0.1) is 0 Å². The lowest BCUT2D eigenvalue weighted by Crippen LogP contribution is -1.90. The van der Waals surface area contributed by atoms with E-state index in [9.17, 15) is 0 Å². The summed E-state index contributed by atoms with van der Waals surface area (Å²) >= 11 is 0. The lowest BCUT2D eigenvalue weighted by atomic mass is 9.85. The Morgan fingerprint density at radius 1 is 0.419 bits per heavy atom. The summed E-state index contributed by atoms with van der Waals surface area (Å²) in [6.07, 6.45) is 0. The molecule has 8 aromatic carbocycles. The van der Waals surface area contributed by atoms with Gasteiger partial charge in [0.25, 0.3) is 0 Å². The monoisotopic (exact) mass is 549 g/mol. The van der Waals surface area contributed by atoms with E-state index in [-0.39, 0.29) is 18.1 Å². The first-order chi connectivity index (χ1) is 22.6. The Hall–Kier alpha value is -5.66. The minimum Gasteiger partial charge on any atom is -0.456 e. The van der Waals surface area contributed by atoms with Crippen LogP contribution in [0.15, 0.2) is 162 Å². The maximum Gasteiger partial charge on any atom is 0.136 e. The van der Waals surface area contributed by atoms with Crippen molar-refractivity contribution in [1.29, 1.82) is 0 Å². The largest absolute Gasteiger partial charge is 0.456 e. The molecule has 0 radical (unpaired) electrons. The zero-order valence-electron chi connectivity index (χ0n) is 26.2. The van der Waals surface area contributed by atoms with Crippen LogP contribution in [0, 0.1) is 0 Å². The second-order valence-electron chi connectivity index (χ2n) is 11.0. The molecule has 0 bridgehead atoms. The van der Waals surface area contributed by atoms with Gasteiger partial charge in [-0.2, -0.15) is 0 Å². The van der Waals surface area contributed by atoms with Crippen molar-refractivity contribution in [3.8, 4) is 33.4 Å². The molecule has 9 aromatic rings. The van der Waals surface area contributed by atoms with Gasteiger partial charge in [0.15, 0.2) is 0 Å². The van der Waals surface area contributed by atoms with Gasteiger partial charge in [-0.1, -0.05) is 139 Å². The second-order valence-corrected chi connectivity index (χ2v) is 11.0. The number of rotatable bonds is 3. The van der Waals surface area contributed by atoms with E-state index in [0.717, 1.165) is 32.8 Å². The van der Waals surface area contributed by atoms with Crippen LogP contribution in [0.25, 0.3) is 87.6 Å². The normalized spacial score (nSPS) is 12.7. The molecule has 1 nitrogen and oxygen atoms in total. The smallest absolute Gasteiger partial charge is 0.136 e. The van der Waals surface area contributed by atoms with Gasteiger partial charge < -0.3 is 4.42 Å². The zero-order valence-corrected chi connectivity index (χ0v) is 23.2. The summed E-state index contributed by atoms with van der Waals surface area (Å²) in [5.41, 5.74) is 7.09. The van der Waals surface area contributed by atoms with Crippen LogP contribution in [0.1, 0.15) is 4.11 Å². The van der Waals surface area contributed by atoms with Crippen LogP contribution in [0.3, 0.4) is 0 Å². The quantitative estimate of drug-likeness (QED) is 0.200. The Labute approximate surface area is 253 Å². The van der Waals surface area contributed by atoms with Gasteiger partial charge in [0.05, 0.1) is 4.11 Å². The molecule has 0 aliphatic heterocycles. The van der Waals surface area contributed by atoms with Crippen molar-refractivity contribution in [3.05, 3.63) is 158 Å². The molecule has 0 atom stereocenters. The van der Waals surface area contributed by atoms with Crippen molar-refractivity contribution in [2.24, 2.45) is 0 Å². The number of furan rings is 1. The Kier molecular flexibility index (Phi) is 4.63. The van der Waals surface area contributed by atoms with Crippen LogP contribution in [0.5, 0.6) is 0 Å². The van der Waals surface area contributed by atoms with Crippen LogP contribution in [-0.2, 0) is 0 Å². The average Bonchev–Trinajstić information content (AvgIpc) is 3.47. The predicted molar refractivity (Wildman–Crippen MR) is 183 cm³/mol. The standard InChI is InChI=1S/C42H26O/c1-2-11-28(12-3-1)40-33-15-6-8-17-35(33)41(36-18-9-7-16-34(36)40)29-23-21-27(22-24-29)32-19-10-20-38-42(32)37-25-30-13-4-5-14-31(30)26-39(37)43-38/h1-26H/i10D,19D,20D. The van der Waals surface area contributed by atoms with Gasteiger partial charge in [0.1, 0.15) is 11.2 Å². The van der Waals surface area contributed by atoms with Crippen molar-refractivity contribution in [1.82, 2.24) is 0 Å². The molecule has 1 heterocycles. The highest BCUT2D eigenvalue weighted by Crippen LogP contribution is 2.44. The lowest BCUT2D eigenvalue weighted by molar-refractivity contribution is 0.669. The molecule has 0 saturated heterocycles. The summed E-state index contributed by atoms with van der Waals surface area (Å²) < 4.78 is 32.6. The number of hydrogen-bond acceptors (Lipinski definition) is 1. The summed E-state index contributed by atoms with van der Waals surface area (Å²) in [7, 11) is 0. The summed E-state index contributed by atoms with van der Waals surface area (Å²) in [4.78, 5) is 0. The van der Waals surface area contributed by atoms with Crippen molar-refractivity contribution < 1.29 is 8.53 Å². The van der Waals surface area contributed by atoms with Crippen LogP contribution >= 0.6 is 0 Å². The fraction of sp³-hybridized carbons (Fsp3) is 0. The van der Waals surface area contributed by atoms with Gasteiger partial charge in [0.2, 0.25) is 0 Å². The Morgan fingerprint density at radius 3 is 1.56 bits per heavy atom. The van der Waals surface area contributed by atoms with E-state index in [4.69, 9.17) is 8.53 Å². The molecule has 0 amide bonds.